The van der Waals surface area contributed by atoms with Crippen LogP contribution in [-0.4, -0.2) is 56.6 Å². The number of carbonyl (C=O) groups excluding carboxylic acids is 2. The molecular formula is C34H42ClN3O5S. The number of halogens is 1. The van der Waals surface area contributed by atoms with Crippen molar-refractivity contribution in [2.45, 2.75) is 70.5 Å². The van der Waals surface area contributed by atoms with Gasteiger partial charge in [-0.25, -0.2) is 8.42 Å². The van der Waals surface area contributed by atoms with E-state index in [-0.39, 0.29) is 43.8 Å². The molecule has 3 aromatic rings. The van der Waals surface area contributed by atoms with Crippen molar-refractivity contribution in [3.63, 3.8) is 0 Å². The van der Waals surface area contributed by atoms with Crippen molar-refractivity contribution in [1.82, 2.24) is 10.2 Å². The highest BCUT2D eigenvalue weighted by Crippen LogP contribution is 2.24. The lowest BCUT2D eigenvalue weighted by Crippen LogP contribution is -2.52. The molecule has 10 heteroatoms. The molecule has 1 fully saturated rings. The predicted octanol–water partition coefficient (Wildman–Crippen LogP) is 5.98. The van der Waals surface area contributed by atoms with Gasteiger partial charge in [0.2, 0.25) is 21.8 Å². The van der Waals surface area contributed by atoms with Gasteiger partial charge in [0, 0.05) is 37.0 Å². The maximum absolute atomic E-state index is 14.0. The molecule has 1 atom stereocenters. The molecule has 2 amide bonds. The molecule has 0 aliphatic heterocycles. The van der Waals surface area contributed by atoms with Crippen LogP contribution in [0.4, 0.5) is 5.69 Å². The van der Waals surface area contributed by atoms with Crippen molar-refractivity contribution in [3.8, 4) is 5.75 Å². The first-order valence-electron chi connectivity index (χ1n) is 15.2. The Kier molecular flexibility index (Phi) is 12.1. The Morgan fingerprint density at radius 1 is 0.955 bits per heavy atom. The Morgan fingerprint density at radius 3 is 2.23 bits per heavy atom. The third kappa shape index (κ3) is 9.72. The molecule has 0 aromatic heterocycles. The summed E-state index contributed by atoms with van der Waals surface area (Å²) in [6.07, 6.45) is 5.88. The average molecular weight is 640 g/mol. The SMILES string of the molecule is CCOc1ccc(N(CCCC(=O)N(Cc2ccc(Cl)cc2)C(Cc2ccccc2)C(=O)NC2CCCC2)S(C)(=O)=O)cc1. The van der Waals surface area contributed by atoms with Crippen LogP contribution in [0.1, 0.15) is 56.6 Å². The third-order valence-corrected chi connectivity index (χ3v) is 9.27. The number of amides is 2. The summed E-state index contributed by atoms with van der Waals surface area (Å²) in [5.41, 5.74) is 2.30. The van der Waals surface area contributed by atoms with Crippen LogP contribution in [0.25, 0.3) is 0 Å². The number of rotatable bonds is 15. The number of nitrogens with zero attached hydrogens (tertiary/aromatic N) is 2. The molecule has 1 unspecified atom stereocenters. The molecule has 1 saturated carbocycles. The number of nitrogens with one attached hydrogen (secondary N) is 1. The second-order valence-electron chi connectivity index (χ2n) is 11.2. The van der Waals surface area contributed by atoms with Gasteiger partial charge in [0.05, 0.1) is 18.6 Å². The minimum Gasteiger partial charge on any atom is -0.494 e. The lowest BCUT2D eigenvalue weighted by molar-refractivity contribution is -0.141. The third-order valence-electron chi connectivity index (χ3n) is 7.83. The number of sulfonamides is 1. The summed E-state index contributed by atoms with van der Waals surface area (Å²) >= 11 is 6.13. The summed E-state index contributed by atoms with van der Waals surface area (Å²) in [6.45, 7) is 2.73. The minimum atomic E-state index is -3.61. The van der Waals surface area contributed by atoms with Crippen LogP contribution in [0.15, 0.2) is 78.9 Å². The first kappa shape index (κ1) is 33.3. The van der Waals surface area contributed by atoms with Crippen molar-refractivity contribution in [2.24, 2.45) is 0 Å². The summed E-state index contributed by atoms with van der Waals surface area (Å²) in [5.74, 6) is 0.260. The van der Waals surface area contributed by atoms with Crippen molar-refractivity contribution in [1.29, 1.82) is 0 Å². The molecule has 0 spiro atoms. The van der Waals surface area contributed by atoms with E-state index >= 15 is 0 Å². The van der Waals surface area contributed by atoms with E-state index in [1.165, 1.54) is 4.31 Å². The van der Waals surface area contributed by atoms with Crippen LogP contribution in [0.3, 0.4) is 0 Å². The van der Waals surface area contributed by atoms with Crippen molar-refractivity contribution in [3.05, 3.63) is 95.0 Å². The normalized spacial score (nSPS) is 14.2. The fourth-order valence-corrected chi connectivity index (χ4v) is 6.68. The first-order valence-corrected chi connectivity index (χ1v) is 17.5. The van der Waals surface area contributed by atoms with E-state index in [9.17, 15) is 18.0 Å². The van der Waals surface area contributed by atoms with Gasteiger partial charge in [-0.15, -0.1) is 0 Å². The Bertz CT molecular complexity index is 1460. The summed E-state index contributed by atoms with van der Waals surface area (Å²) in [7, 11) is -3.61. The Morgan fingerprint density at radius 2 is 1.61 bits per heavy atom. The first-order chi connectivity index (χ1) is 21.1. The Balaban J connectivity index is 1.56. The van der Waals surface area contributed by atoms with Crippen molar-refractivity contribution in [2.75, 3.05) is 23.7 Å². The zero-order valence-corrected chi connectivity index (χ0v) is 27.0. The molecule has 44 heavy (non-hydrogen) atoms. The molecule has 1 aliphatic rings. The number of carbonyl (C=O) groups is 2. The van der Waals surface area contributed by atoms with Gasteiger partial charge in [-0.2, -0.15) is 0 Å². The predicted molar refractivity (Wildman–Crippen MR) is 175 cm³/mol. The van der Waals surface area contributed by atoms with E-state index < -0.39 is 16.1 Å². The van der Waals surface area contributed by atoms with Crippen molar-refractivity contribution < 1.29 is 22.7 Å². The molecule has 1 aliphatic carbocycles. The molecular weight excluding hydrogens is 598 g/mol. The molecule has 236 valence electrons. The molecule has 0 bridgehead atoms. The molecule has 8 nitrogen and oxygen atoms in total. The van der Waals surface area contributed by atoms with Gasteiger partial charge in [0.1, 0.15) is 11.8 Å². The zero-order chi connectivity index (χ0) is 31.5. The highest BCUT2D eigenvalue weighted by molar-refractivity contribution is 7.92. The highest BCUT2D eigenvalue weighted by Gasteiger charge is 2.32. The van der Waals surface area contributed by atoms with Gasteiger partial charge < -0.3 is 15.0 Å². The van der Waals surface area contributed by atoms with E-state index in [1.54, 1.807) is 41.3 Å². The minimum absolute atomic E-state index is 0.0681. The summed E-state index contributed by atoms with van der Waals surface area (Å²) in [6, 6.07) is 23.2. The Labute approximate surface area is 266 Å². The number of hydrogen-bond acceptors (Lipinski definition) is 5. The monoisotopic (exact) mass is 639 g/mol. The van der Waals surface area contributed by atoms with E-state index in [2.05, 4.69) is 5.32 Å². The number of ether oxygens (including phenoxy) is 1. The van der Waals surface area contributed by atoms with E-state index in [0.717, 1.165) is 43.1 Å². The van der Waals surface area contributed by atoms with Crippen LogP contribution < -0.4 is 14.4 Å². The fraction of sp³-hybridized carbons (Fsp3) is 0.412. The number of anilines is 1. The van der Waals surface area contributed by atoms with Crippen molar-refractivity contribution >= 4 is 39.1 Å². The topological polar surface area (TPSA) is 96.0 Å². The highest BCUT2D eigenvalue weighted by atomic mass is 35.5. The van der Waals surface area contributed by atoms with Gasteiger partial charge in [-0.3, -0.25) is 13.9 Å². The second kappa shape index (κ2) is 16.0. The molecule has 1 N–H and O–H groups in total. The maximum Gasteiger partial charge on any atom is 0.243 e. The Hall–Kier alpha value is -3.56. The lowest BCUT2D eigenvalue weighted by atomic mass is 10.0. The van der Waals surface area contributed by atoms with Crippen LogP contribution in [0.5, 0.6) is 5.75 Å². The lowest BCUT2D eigenvalue weighted by Gasteiger charge is -2.33. The second-order valence-corrected chi connectivity index (χ2v) is 13.6. The number of benzene rings is 3. The quantitative estimate of drug-likeness (QED) is 0.221. The molecule has 0 radical (unpaired) electrons. The van der Waals surface area contributed by atoms with Gasteiger partial charge in [-0.05, 0) is 73.7 Å². The van der Waals surface area contributed by atoms with Gasteiger partial charge >= 0.3 is 0 Å². The van der Waals surface area contributed by atoms with E-state index in [4.69, 9.17) is 16.3 Å². The van der Waals surface area contributed by atoms with Gasteiger partial charge in [0.15, 0.2) is 0 Å². The standard InChI is InChI=1S/C34H42ClN3O5S/c1-3-43-31-21-19-30(20-22-31)38(44(2,41)42)23-9-14-33(39)37(25-27-15-17-28(35)18-16-27)32(24-26-10-5-4-6-11-26)34(40)36-29-12-7-8-13-29/h4-6,10-11,15-22,29,32H,3,7-9,12-14,23-25H2,1-2H3,(H,36,40). The molecule has 0 heterocycles. The van der Waals surface area contributed by atoms with Crippen LogP contribution >= 0.6 is 11.6 Å². The zero-order valence-electron chi connectivity index (χ0n) is 25.5. The smallest absolute Gasteiger partial charge is 0.243 e. The van der Waals surface area contributed by atoms with Crippen LogP contribution in [-0.2, 0) is 32.6 Å². The summed E-state index contributed by atoms with van der Waals surface area (Å²) < 4.78 is 32.2. The van der Waals surface area contributed by atoms with Gasteiger partial charge in [0.25, 0.3) is 0 Å². The summed E-state index contributed by atoms with van der Waals surface area (Å²) in [4.78, 5) is 29.5. The average Bonchev–Trinajstić information content (AvgIpc) is 3.51. The molecule has 4 rings (SSSR count). The molecule has 0 saturated heterocycles. The van der Waals surface area contributed by atoms with E-state index in [1.807, 2.05) is 49.4 Å². The van der Waals surface area contributed by atoms with Crippen LogP contribution in [0.2, 0.25) is 5.02 Å². The van der Waals surface area contributed by atoms with Gasteiger partial charge in [-0.1, -0.05) is 66.9 Å². The summed E-state index contributed by atoms with van der Waals surface area (Å²) in [5, 5.41) is 3.79. The maximum atomic E-state index is 14.0. The van der Waals surface area contributed by atoms with E-state index in [0.29, 0.717) is 29.5 Å². The van der Waals surface area contributed by atoms with Crippen LogP contribution in [0, 0.1) is 0 Å². The molecule has 3 aromatic carbocycles. The fourth-order valence-electron chi connectivity index (χ4n) is 5.59. The number of hydrogen-bond donors (Lipinski definition) is 1. The largest absolute Gasteiger partial charge is 0.494 e.